The van der Waals surface area contributed by atoms with Crippen molar-refractivity contribution in [2.24, 2.45) is 5.84 Å². The van der Waals surface area contributed by atoms with Crippen LogP contribution in [0.2, 0.25) is 0 Å². The third-order valence-electron chi connectivity index (χ3n) is 2.08. The summed E-state index contributed by atoms with van der Waals surface area (Å²) in [6, 6.07) is 1.55. The second-order valence-electron chi connectivity index (χ2n) is 5.09. The van der Waals surface area contributed by atoms with Crippen molar-refractivity contribution in [3.63, 3.8) is 0 Å². The van der Waals surface area contributed by atoms with Gasteiger partial charge in [0.2, 0.25) is 0 Å². The highest BCUT2D eigenvalue weighted by Gasteiger charge is 2.14. The number of carbonyl (C=O) groups excluding carboxylic acids is 2. The van der Waals surface area contributed by atoms with E-state index in [1.165, 1.54) is 12.4 Å². The first-order valence-electron chi connectivity index (χ1n) is 6.23. The monoisotopic (exact) mass is 290 g/mol. The fraction of sp³-hybridized carbons (Fsp3) is 0.357. The summed E-state index contributed by atoms with van der Waals surface area (Å²) in [5.74, 6) is 10.1. The highest BCUT2D eigenvalue weighted by Crippen LogP contribution is 2.06. The van der Waals surface area contributed by atoms with Crippen LogP contribution in [0.3, 0.4) is 0 Å². The van der Waals surface area contributed by atoms with Gasteiger partial charge in [-0.3, -0.25) is 15.2 Å². The molecule has 7 nitrogen and oxygen atoms in total. The van der Waals surface area contributed by atoms with Crippen LogP contribution in [0.15, 0.2) is 18.5 Å². The first-order chi connectivity index (χ1) is 9.81. The Morgan fingerprint density at radius 3 is 2.71 bits per heavy atom. The predicted octanol–water partition coefficient (Wildman–Crippen LogP) is 0.561. The number of pyridine rings is 1. The minimum atomic E-state index is -0.550. The summed E-state index contributed by atoms with van der Waals surface area (Å²) in [6.45, 7) is 5.45. The standard InChI is InChI=1S/C14H18N4O3/c1-14(2,3)21-13(20)17-6-4-5-10-7-11(9-16-8-10)12(19)18-15/h7-9H,6,15H2,1-3H3,(H,17,20)(H,18,19). The zero-order valence-electron chi connectivity index (χ0n) is 12.2. The third-order valence-corrected chi connectivity index (χ3v) is 2.08. The van der Waals surface area contributed by atoms with E-state index in [0.29, 0.717) is 11.1 Å². The summed E-state index contributed by atoms with van der Waals surface area (Å²) in [5.41, 5.74) is 2.31. The second-order valence-corrected chi connectivity index (χ2v) is 5.09. The molecule has 2 amide bonds. The summed E-state index contributed by atoms with van der Waals surface area (Å²) in [7, 11) is 0. The number of hydrazine groups is 1. The van der Waals surface area contributed by atoms with Crippen molar-refractivity contribution in [2.45, 2.75) is 26.4 Å². The molecule has 112 valence electrons. The van der Waals surface area contributed by atoms with Gasteiger partial charge in [0.05, 0.1) is 12.1 Å². The van der Waals surface area contributed by atoms with Gasteiger partial charge in [0.15, 0.2) is 0 Å². The Labute approximate surface area is 123 Å². The van der Waals surface area contributed by atoms with E-state index in [9.17, 15) is 9.59 Å². The Kier molecular flexibility index (Phi) is 5.69. The van der Waals surface area contributed by atoms with Crippen LogP contribution in [0.4, 0.5) is 4.79 Å². The van der Waals surface area contributed by atoms with Gasteiger partial charge in [0.1, 0.15) is 5.60 Å². The summed E-state index contributed by atoms with van der Waals surface area (Å²) >= 11 is 0. The lowest BCUT2D eigenvalue weighted by atomic mass is 10.2. The predicted molar refractivity (Wildman–Crippen MR) is 77.0 cm³/mol. The molecule has 0 saturated heterocycles. The lowest BCUT2D eigenvalue weighted by Gasteiger charge is -2.18. The Balaban J connectivity index is 2.56. The van der Waals surface area contributed by atoms with Crippen molar-refractivity contribution in [1.82, 2.24) is 15.7 Å². The van der Waals surface area contributed by atoms with Gasteiger partial charge in [-0.05, 0) is 26.8 Å². The Hall–Kier alpha value is -2.59. The number of nitrogen functional groups attached to an aromatic ring is 1. The number of ether oxygens (including phenoxy) is 1. The number of carbonyl (C=O) groups is 2. The van der Waals surface area contributed by atoms with Gasteiger partial charge in [0.25, 0.3) is 5.91 Å². The molecular weight excluding hydrogens is 272 g/mol. The number of rotatable bonds is 2. The van der Waals surface area contributed by atoms with Gasteiger partial charge in [-0.1, -0.05) is 11.8 Å². The Morgan fingerprint density at radius 2 is 2.10 bits per heavy atom. The molecule has 4 N–H and O–H groups in total. The number of hydrogen-bond donors (Lipinski definition) is 3. The van der Waals surface area contributed by atoms with Gasteiger partial charge >= 0.3 is 6.09 Å². The molecule has 0 atom stereocenters. The molecule has 0 aliphatic heterocycles. The quantitative estimate of drug-likeness (QED) is 0.319. The van der Waals surface area contributed by atoms with Crippen LogP contribution in [0, 0.1) is 11.8 Å². The van der Waals surface area contributed by atoms with Crippen molar-refractivity contribution < 1.29 is 14.3 Å². The highest BCUT2D eigenvalue weighted by molar-refractivity contribution is 5.93. The van der Waals surface area contributed by atoms with E-state index in [1.54, 1.807) is 26.8 Å². The first-order valence-corrected chi connectivity index (χ1v) is 6.23. The fourth-order valence-corrected chi connectivity index (χ4v) is 1.29. The van der Waals surface area contributed by atoms with Gasteiger partial charge in [0, 0.05) is 18.0 Å². The number of hydrogen-bond acceptors (Lipinski definition) is 5. The van der Waals surface area contributed by atoms with E-state index in [1.807, 2.05) is 5.43 Å². The average Bonchev–Trinajstić information content (AvgIpc) is 2.41. The van der Waals surface area contributed by atoms with Gasteiger partial charge < -0.3 is 10.1 Å². The Bertz CT molecular complexity index is 582. The van der Waals surface area contributed by atoms with E-state index in [2.05, 4.69) is 22.1 Å². The van der Waals surface area contributed by atoms with Crippen molar-refractivity contribution in [2.75, 3.05) is 6.54 Å². The van der Waals surface area contributed by atoms with Crippen LogP contribution in [0.25, 0.3) is 0 Å². The normalized spacial score (nSPS) is 10.1. The molecule has 1 heterocycles. The van der Waals surface area contributed by atoms with Crippen molar-refractivity contribution in [1.29, 1.82) is 0 Å². The van der Waals surface area contributed by atoms with Crippen LogP contribution in [-0.4, -0.2) is 29.1 Å². The number of nitrogens with two attached hydrogens (primary N) is 1. The minimum absolute atomic E-state index is 0.127. The topological polar surface area (TPSA) is 106 Å². The first kappa shape index (κ1) is 16.5. The summed E-state index contributed by atoms with van der Waals surface area (Å²) in [5, 5.41) is 2.50. The van der Waals surface area contributed by atoms with E-state index >= 15 is 0 Å². The molecule has 1 aromatic heterocycles. The zero-order valence-corrected chi connectivity index (χ0v) is 12.2. The molecular formula is C14H18N4O3. The third kappa shape index (κ3) is 6.40. The maximum atomic E-state index is 11.4. The molecule has 21 heavy (non-hydrogen) atoms. The molecule has 0 fully saturated rings. The SMILES string of the molecule is CC(C)(C)OC(=O)NCC#Cc1cncc(C(=O)NN)c1. The minimum Gasteiger partial charge on any atom is -0.444 e. The summed E-state index contributed by atoms with van der Waals surface area (Å²) < 4.78 is 5.06. The molecule has 1 rings (SSSR count). The molecule has 0 spiro atoms. The van der Waals surface area contributed by atoms with E-state index < -0.39 is 17.6 Å². The van der Waals surface area contributed by atoms with Gasteiger partial charge in [-0.25, -0.2) is 10.6 Å². The Morgan fingerprint density at radius 1 is 1.38 bits per heavy atom. The molecule has 0 bridgehead atoms. The number of nitrogens with one attached hydrogen (secondary N) is 2. The molecule has 0 unspecified atom stereocenters. The smallest absolute Gasteiger partial charge is 0.408 e. The molecule has 0 aliphatic carbocycles. The lowest BCUT2D eigenvalue weighted by molar-refractivity contribution is 0.0535. The van der Waals surface area contributed by atoms with Gasteiger partial charge in [-0.15, -0.1) is 0 Å². The van der Waals surface area contributed by atoms with Crippen LogP contribution < -0.4 is 16.6 Å². The van der Waals surface area contributed by atoms with E-state index in [0.717, 1.165) is 0 Å². The highest BCUT2D eigenvalue weighted by atomic mass is 16.6. The molecule has 0 aromatic carbocycles. The second kappa shape index (κ2) is 7.26. The van der Waals surface area contributed by atoms with Crippen molar-refractivity contribution >= 4 is 12.0 Å². The van der Waals surface area contributed by atoms with Crippen molar-refractivity contribution in [3.05, 3.63) is 29.6 Å². The van der Waals surface area contributed by atoms with E-state index in [4.69, 9.17) is 10.6 Å². The summed E-state index contributed by atoms with van der Waals surface area (Å²) in [6.07, 6.45) is 2.35. The molecule has 0 aliphatic rings. The zero-order chi connectivity index (χ0) is 15.9. The fourth-order valence-electron chi connectivity index (χ4n) is 1.29. The van der Waals surface area contributed by atoms with E-state index in [-0.39, 0.29) is 6.54 Å². The molecule has 1 aromatic rings. The van der Waals surface area contributed by atoms with Crippen LogP contribution in [-0.2, 0) is 4.74 Å². The van der Waals surface area contributed by atoms with Crippen LogP contribution >= 0.6 is 0 Å². The lowest BCUT2D eigenvalue weighted by Crippen LogP contribution is -2.32. The number of alkyl carbamates (subject to hydrolysis) is 1. The molecule has 0 radical (unpaired) electrons. The molecule has 0 saturated carbocycles. The van der Waals surface area contributed by atoms with Gasteiger partial charge in [-0.2, -0.15) is 0 Å². The van der Waals surface area contributed by atoms with Crippen LogP contribution in [0.1, 0.15) is 36.7 Å². The maximum Gasteiger partial charge on any atom is 0.408 e. The largest absolute Gasteiger partial charge is 0.444 e. The van der Waals surface area contributed by atoms with Crippen LogP contribution in [0.5, 0.6) is 0 Å². The maximum absolute atomic E-state index is 11.4. The average molecular weight is 290 g/mol. The number of nitrogens with zero attached hydrogens (tertiary/aromatic N) is 1. The van der Waals surface area contributed by atoms with Crippen molar-refractivity contribution in [3.8, 4) is 11.8 Å². The summed E-state index contributed by atoms with van der Waals surface area (Å²) in [4.78, 5) is 26.6. The number of aromatic nitrogens is 1. The molecule has 7 heteroatoms. The number of amides is 2.